The molecule has 0 aromatic carbocycles. The molecule has 0 saturated carbocycles. The van der Waals surface area contributed by atoms with Gasteiger partial charge < -0.3 is 30.1 Å². The first-order valence-electron chi connectivity index (χ1n) is 17.6. The van der Waals surface area contributed by atoms with E-state index in [0.29, 0.717) is 47.1 Å². The van der Waals surface area contributed by atoms with Crippen molar-refractivity contribution in [3.63, 3.8) is 0 Å². The summed E-state index contributed by atoms with van der Waals surface area (Å²) in [6, 6.07) is 16.3. The van der Waals surface area contributed by atoms with Crippen LogP contribution in [0.2, 0.25) is 0 Å². The number of pyridine rings is 3. The van der Waals surface area contributed by atoms with Gasteiger partial charge in [0.05, 0.1) is 48.8 Å². The topological polar surface area (TPSA) is 298 Å². The maximum atomic E-state index is 11.7. The van der Waals surface area contributed by atoms with E-state index in [1.54, 1.807) is 59.7 Å². The molecular formula is C37H35BBrLiN12O9. The summed E-state index contributed by atoms with van der Waals surface area (Å²) in [6.45, 7) is 4.26. The number of aromatic nitrogens is 12. The molecular weight excluding hydrogens is 854 g/mol. The van der Waals surface area contributed by atoms with E-state index in [0.717, 1.165) is 27.0 Å². The van der Waals surface area contributed by atoms with E-state index in [1.807, 2.05) is 42.5 Å². The largest absolute Gasteiger partial charge is 1.00 e. The van der Waals surface area contributed by atoms with Crippen LogP contribution in [0, 0.1) is 0 Å². The maximum absolute atomic E-state index is 11.7. The summed E-state index contributed by atoms with van der Waals surface area (Å²) in [5.74, 6) is -1.72. The van der Waals surface area contributed by atoms with Crippen molar-refractivity contribution >= 4 is 63.5 Å². The number of ether oxygens (including phenoxy) is 2. The summed E-state index contributed by atoms with van der Waals surface area (Å²) in [4.78, 5) is 46.6. The Balaban J connectivity index is 0.000000183. The molecule has 0 bridgehead atoms. The zero-order valence-electron chi connectivity index (χ0n) is 32.6. The second-order valence-electron chi connectivity index (χ2n) is 11.9. The molecule has 0 fully saturated rings. The molecule has 24 heteroatoms. The molecule has 0 aliphatic carbocycles. The van der Waals surface area contributed by atoms with Crippen molar-refractivity contribution in [1.82, 2.24) is 58.7 Å². The molecule has 0 unspecified atom stereocenters. The van der Waals surface area contributed by atoms with Crippen LogP contribution in [0.5, 0.6) is 0 Å². The van der Waals surface area contributed by atoms with Gasteiger partial charge in [-0.2, -0.15) is 15.3 Å². The van der Waals surface area contributed by atoms with E-state index in [2.05, 4.69) is 61.5 Å². The Morgan fingerprint density at radius 1 is 0.656 bits per heavy atom. The number of nitrogens with zero attached hydrogens (tertiary/aromatic N) is 9. The van der Waals surface area contributed by atoms with Gasteiger partial charge in [-0.25, -0.2) is 29.3 Å². The summed E-state index contributed by atoms with van der Waals surface area (Å²) < 4.78 is 15.8. The number of rotatable bonds is 8. The van der Waals surface area contributed by atoms with Gasteiger partial charge in [-0.05, 0) is 68.4 Å². The zero-order chi connectivity index (χ0) is 41.9. The molecule has 0 saturated heterocycles. The average Bonchev–Trinajstić information content (AvgIpc) is 4.08. The fraction of sp³-hybridized carbons (Fsp3) is 0.108. The van der Waals surface area contributed by atoms with E-state index in [4.69, 9.17) is 24.6 Å². The quantitative estimate of drug-likeness (QED) is 0.0895. The minimum atomic E-state index is -1.43. The molecule has 9 aromatic heterocycles. The molecule has 9 rings (SSSR count). The molecule has 0 aliphatic heterocycles. The minimum absolute atomic E-state index is 0. The number of aromatic amines is 3. The first kappa shape index (κ1) is 46.8. The first-order chi connectivity index (χ1) is 28.6. The fourth-order valence-electron chi connectivity index (χ4n) is 5.37. The Labute approximate surface area is 365 Å². The number of hydrogen-bond acceptors (Lipinski definition) is 14. The SMILES string of the molecule is CCOC(=O)c1cnc2cc(-c3ccn[nH]3)ccn12.CCOC(=O)c1cnc2cc(Br)ccn12.O=C(O)c1cnc2cc(-c3ccn[nH]3)ccn12.OB(O)c1ccn[nH]1.[Li+].[OH-]. The van der Waals surface area contributed by atoms with Crippen LogP contribution in [0.15, 0.2) is 115 Å². The number of hydrogen-bond donors (Lipinski definition) is 6. The second kappa shape index (κ2) is 21.9. The van der Waals surface area contributed by atoms with E-state index in [1.165, 1.54) is 35.3 Å². The Kier molecular flexibility index (Phi) is 16.8. The fourth-order valence-corrected chi connectivity index (χ4v) is 5.69. The second-order valence-corrected chi connectivity index (χ2v) is 12.8. The summed E-state index contributed by atoms with van der Waals surface area (Å²) in [7, 11) is -1.43. The van der Waals surface area contributed by atoms with Crippen molar-refractivity contribution < 1.29 is 63.3 Å². The van der Waals surface area contributed by atoms with Crippen molar-refractivity contribution in [2.24, 2.45) is 0 Å². The number of imidazole rings is 3. The van der Waals surface area contributed by atoms with Gasteiger partial charge in [-0.15, -0.1) is 0 Å². The summed E-state index contributed by atoms with van der Waals surface area (Å²) in [5, 5.41) is 45.1. The number of H-pyrrole nitrogens is 3. The van der Waals surface area contributed by atoms with Crippen LogP contribution in [0.3, 0.4) is 0 Å². The van der Waals surface area contributed by atoms with Gasteiger partial charge in [0.25, 0.3) is 0 Å². The van der Waals surface area contributed by atoms with Crippen molar-refractivity contribution in [2.45, 2.75) is 13.8 Å². The minimum Gasteiger partial charge on any atom is -0.870 e. The molecule has 21 nitrogen and oxygen atoms in total. The number of esters is 2. The number of halogens is 1. The molecule has 61 heavy (non-hydrogen) atoms. The third-order valence-corrected chi connectivity index (χ3v) is 8.61. The van der Waals surface area contributed by atoms with Gasteiger partial charge in [0.15, 0.2) is 17.1 Å². The number of carbonyl (C=O) groups is 3. The molecule has 7 N–H and O–H groups in total. The van der Waals surface area contributed by atoms with E-state index in [9.17, 15) is 14.4 Å². The van der Waals surface area contributed by atoms with Crippen molar-refractivity contribution in [2.75, 3.05) is 13.2 Å². The number of carboxylic acid groups (broad SMARTS) is 1. The standard InChI is InChI=1S/C13H12N4O2.C11H8N4O2.C10H9BrN2O2.C3H5BN2O2.Li.H2O/c1-2-19-13(18)11-8-14-12-7-9(4-6-17(11)12)10-3-5-15-16-10;16-11(17)9-6-12-10-5-7(2-4-15(9)10)8-1-3-13-14-8;1-2-15-10(14)8-6-12-9-5-7(11)3-4-13(8)9;7-4(8)3-1-2-5-6-3;;/h3-8H,2H2,1H3,(H,15,16);1-6H,(H,13,14)(H,16,17);3-6H,2H2,1H3;1-2,7-8H,(H,5,6);;1H2/q;;;;+1;/p-1. The third-order valence-electron chi connectivity index (χ3n) is 8.11. The van der Waals surface area contributed by atoms with Crippen LogP contribution in [-0.2, 0) is 9.47 Å². The predicted molar refractivity (Wildman–Crippen MR) is 218 cm³/mol. The van der Waals surface area contributed by atoms with Crippen LogP contribution in [0.1, 0.15) is 45.3 Å². The number of aromatic carboxylic acids is 1. The van der Waals surface area contributed by atoms with Crippen molar-refractivity contribution in [3.8, 4) is 22.5 Å². The molecule has 0 atom stereocenters. The monoisotopic (exact) mass is 888 g/mol. The molecule has 9 heterocycles. The van der Waals surface area contributed by atoms with Crippen molar-refractivity contribution in [3.05, 3.63) is 132 Å². The van der Waals surface area contributed by atoms with E-state index < -0.39 is 13.1 Å². The number of fused-ring (bicyclic) bond motifs is 3. The molecule has 9 aromatic rings. The Morgan fingerprint density at radius 2 is 1.08 bits per heavy atom. The summed E-state index contributed by atoms with van der Waals surface area (Å²) >= 11 is 3.34. The average molecular weight is 889 g/mol. The predicted octanol–water partition coefficient (Wildman–Crippen LogP) is 0.514. The number of carbonyl (C=O) groups excluding carboxylic acids is 2. The third kappa shape index (κ3) is 11.5. The van der Waals surface area contributed by atoms with Gasteiger partial charge in [-0.3, -0.25) is 28.5 Å². The Bertz CT molecular complexity index is 2790. The molecule has 308 valence electrons. The van der Waals surface area contributed by atoms with E-state index >= 15 is 0 Å². The Morgan fingerprint density at radius 3 is 1.48 bits per heavy atom. The molecule has 0 amide bonds. The zero-order valence-corrected chi connectivity index (χ0v) is 34.2. The maximum Gasteiger partial charge on any atom is 1.00 e. The van der Waals surface area contributed by atoms with Gasteiger partial charge >= 0.3 is 43.9 Å². The van der Waals surface area contributed by atoms with Crippen LogP contribution >= 0.6 is 15.9 Å². The van der Waals surface area contributed by atoms with Crippen LogP contribution in [0.4, 0.5) is 0 Å². The van der Waals surface area contributed by atoms with Gasteiger partial charge in [0, 0.05) is 52.8 Å². The van der Waals surface area contributed by atoms with Crippen LogP contribution < -0.4 is 24.5 Å². The summed E-state index contributed by atoms with van der Waals surface area (Å²) in [6.07, 6.45) is 14.4. The number of carboxylic acids is 1. The molecule has 0 aliphatic rings. The van der Waals surface area contributed by atoms with Crippen LogP contribution in [-0.4, -0.2) is 118 Å². The molecule has 0 spiro atoms. The van der Waals surface area contributed by atoms with Crippen molar-refractivity contribution in [1.29, 1.82) is 0 Å². The smallest absolute Gasteiger partial charge is 0.870 e. The van der Waals surface area contributed by atoms with E-state index in [-0.39, 0.29) is 42.0 Å². The summed E-state index contributed by atoms with van der Waals surface area (Å²) in [5.41, 5.74) is 6.98. The van der Waals surface area contributed by atoms with Gasteiger partial charge in [-0.1, -0.05) is 15.9 Å². The van der Waals surface area contributed by atoms with Gasteiger partial charge in [0.2, 0.25) is 0 Å². The number of nitrogens with one attached hydrogen (secondary N) is 3. The Hall–Kier alpha value is -6.87. The first-order valence-corrected chi connectivity index (χ1v) is 18.4. The van der Waals surface area contributed by atoms with Crippen LogP contribution in [0.25, 0.3) is 39.5 Å². The normalized spacial score (nSPS) is 10.2. The van der Waals surface area contributed by atoms with Gasteiger partial charge in [0.1, 0.15) is 16.9 Å². The molecule has 0 radical (unpaired) electrons.